The van der Waals surface area contributed by atoms with E-state index in [2.05, 4.69) is 17.1 Å². The molecule has 1 amide bonds. The highest BCUT2D eigenvalue weighted by molar-refractivity contribution is 5.81. The van der Waals surface area contributed by atoms with Gasteiger partial charge in [0.1, 0.15) is 11.6 Å². The van der Waals surface area contributed by atoms with Crippen LogP contribution in [0.15, 0.2) is 0 Å². The quantitative estimate of drug-likeness (QED) is 0.788. The van der Waals surface area contributed by atoms with E-state index in [1.807, 2.05) is 0 Å². The lowest BCUT2D eigenvalue weighted by Gasteiger charge is -2.32. The Morgan fingerprint density at radius 1 is 1.27 bits per heavy atom. The normalized spacial score (nSPS) is 18.6. The maximum atomic E-state index is 11.9. The number of rotatable bonds is 5. The van der Waals surface area contributed by atoms with Crippen LogP contribution >= 0.6 is 0 Å². The highest BCUT2D eigenvalue weighted by Crippen LogP contribution is 2.22. The first kappa shape index (κ1) is 18.7. The summed E-state index contributed by atoms with van der Waals surface area (Å²) >= 11 is 0. The summed E-state index contributed by atoms with van der Waals surface area (Å²) in [7, 11) is 1.34. The molecular formula is C16H30N2O4. The molecule has 0 aromatic carbocycles. The molecule has 0 aromatic rings. The van der Waals surface area contributed by atoms with Gasteiger partial charge in [-0.15, -0.1) is 0 Å². The Kier molecular flexibility index (Phi) is 7.13. The van der Waals surface area contributed by atoms with Crippen LogP contribution in [0.25, 0.3) is 0 Å². The van der Waals surface area contributed by atoms with Gasteiger partial charge in [-0.3, -0.25) is 0 Å². The van der Waals surface area contributed by atoms with Gasteiger partial charge in [-0.1, -0.05) is 6.92 Å². The molecule has 6 nitrogen and oxygen atoms in total. The molecule has 22 heavy (non-hydrogen) atoms. The number of piperidine rings is 1. The van der Waals surface area contributed by atoms with Gasteiger partial charge in [0, 0.05) is 0 Å². The number of hydrogen-bond donors (Lipinski definition) is 1. The lowest BCUT2D eigenvalue weighted by atomic mass is 9.90. The van der Waals surface area contributed by atoms with Crippen LogP contribution in [0.1, 0.15) is 47.0 Å². The van der Waals surface area contributed by atoms with Crippen LogP contribution in [0.5, 0.6) is 0 Å². The summed E-state index contributed by atoms with van der Waals surface area (Å²) in [5.41, 5.74) is -0.586. The van der Waals surface area contributed by atoms with Crippen molar-refractivity contribution in [2.24, 2.45) is 5.92 Å². The van der Waals surface area contributed by atoms with E-state index in [9.17, 15) is 9.59 Å². The Bertz CT molecular complexity index is 371. The van der Waals surface area contributed by atoms with Gasteiger partial charge in [0.25, 0.3) is 0 Å². The van der Waals surface area contributed by atoms with Gasteiger partial charge in [-0.2, -0.15) is 0 Å². The lowest BCUT2D eigenvalue weighted by Crippen LogP contribution is -2.46. The van der Waals surface area contributed by atoms with E-state index in [1.54, 1.807) is 20.8 Å². The molecule has 0 saturated carbocycles. The third-order valence-corrected chi connectivity index (χ3v) is 3.90. The van der Waals surface area contributed by atoms with Gasteiger partial charge in [-0.25, -0.2) is 9.59 Å². The van der Waals surface area contributed by atoms with Crippen LogP contribution in [0, 0.1) is 5.92 Å². The van der Waals surface area contributed by atoms with E-state index in [0.29, 0.717) is 12.3 Å². The number of likely N-dealkylation sites (tertiary alicyclic amines) is 1. The number of hydrogen-bond acceptors (Lipinski definition) is 5. The minimum atomic E-state index is -0.641. The molecular weight excluding hydrogens is 284 g/mol. The Morgan fingerprint density at radius 3 is 2.32 bits per heavy atom. The van der Waals surface area contributed by atoms with Crippen LogP contribution < -0.4 is 5.32 Å². The fourth-order valence-corrected chi connectivity index (χ4v) is 2.68. The van der Waals surface area contributed by atoms with Crippen molar-refractivity contribution in [3.05, 3.63) is 0 Å². The zero-order chi connectivity index (χ0) is 16.8. The molecule has 0 spiro atoms. The fraction of sp³-hybridized carbons (Fsp3) is 0.875. The average molecular weight is 314 g/mol. The number of amides is 1. The van der Waals surface area contributed by atoms with E-state index in [4.69, 9.17) is 9.47 Å². The predicted octanol–water partition coefficient (Wildman–Crippen LogP) is 2.17. The maximum Gasteiger partial charge on any atom is 0.408 e. The van der Waals surface area contributed by atoms with E-state index in [0.717, 1.165) is 32.5 Å². The molecule has 1 N–H and O–H groups in total. The highest BCUT2D eigenvalue weighted by atomic mass is 16.6. The standard InChI is InChI=1S/C16H30N2O4/c1-6-18-9-7-12(8-10-18)11-13(14(19)21-5)17-15(20)22-16(2,3)4/h12-13H,6-11H2,1-5H3,(H,17,20). The molecule has 1 fully saturated rings. The molecule has 1 unspecified atom stereocenters. The minimum Gasteiger partial charge on any atom is -0.467 e. The molecule has 1 aliphatic heterocycles. The molecule has 1 aliphatic rings. The van der Waals surface area contributed by atoms with E-state index < -0.39 is 23.7 Å². The molecule has 0 bridgehead atoms. The number of carbonyl (C=O) groups is 2. The first-order valence-electron chi connectivity index (χ1n) is 8.05. The number of carbonyl (C=O) groups excluding carboxylic acids is 2. The average Bonchev–Trinajstić information content (AvgIpc) is 2.44. The van der Waals surface area contributed by atoms with Crippen molar-refractivity contribution in [1.29, 1.82) is 0 Å². The number of ether oxygens (including phenoxy) is 2. The summed E-state index contributed by atoms with van der Waals surface area (Å²) in [6.07, 6.45) is 2.10. The molecule has 1 saturated heterocycles. The second-order valence-corrected chi connectivity index (χ2v) is 6.84. The smallest absolute Gasteiger partial charge is 0.408 e. The van der Waals surface area contributed by atoms with E-state index >= 15 is 0 Å². The molecule has 128 valence electrons. The topological polar surface area (TPSA) is 67.9 Å². The van der Waals surface area contributed by atoms with Gasteiger partial charge < -0.3 is 19.7 Å². The van der Waals surface area contributed by atoms with Gasteiger partial charge in [-0.05, 0) is 65.6 Å². The van der Waals surface area contributed by atoms with Gasteiger partial charge in [0.2, 0.25) is 0 Å². The number of nitrogens with zero attached hydrogens (tertiary/aromatic N) is 1. The SMILES string of the molecule is CCN1CCC(CC(NC(=O)OC(C)(C)C)C(=O)OC)CC1. The Morgan fingerprint density at radius 2 is 1.86 bits per heavy atom. The summed E-state index contributed by atoms with van der Waals surface area (Å²) in [6.45, 7) is 10.7. The van der Waals surface area contributed by atoms with E-state index in [-0.39, 0.29) is 0 Å². The van der Waals surface area contributed by atoms with Crippen LogP contribution in [-0.2, 0) is 14.3 Å². The Balaban J connectivity index is 2.54. The molecule has 1 atom stereocenters. The molecule has 0 aromatic heterocycles. The molecule has 1 rings (SSSR count). The first-order valence-corrected chi connectivity index (χ1v) is 8.05. The zero-order valence-electron chi connectivity index (χ0n) is 14.5. The van der Waals surface area contributed by atoms with Crippen LogP contribution in [0.2, 0.25) is 0 Å². The number of alkyl carbamates (subject to hydrolysis) is 1. The van der Waals surface area contributed by atoms with Crippen molar-refractivity contribution in [3.63, 3.8) is 0 Å². The molecule has 6 heteroatoms. The fourth-order valence-electron chi connectivity index (χ4n) is 2.68. The van der Waals surface area contributed by atoms with Crippen LogP contribution in [-0.4, -0.2) is 55.3 Å². The van der Waals surface area contributed by atoms with Crippen molar-refractivity contribution in [2.75, 3.05) is 26.7 Å². The van der Waals surface area contributed by atoms with Crippen molar-refractivity contribution in [1.82, 2.24) is 10.2 Å². The lowest BCUT2D eigenvalue weighted by molar-refractivity contribution is -0.143. The predicted molar refractivity (Wildman–Crippen MR) is 84.6 cm³/mol. The summed E-state index contributed by atoms with van der Waals surface area (Å²) < 4.78 is 10.0. The number of nitrogens with one attached hydrogen (secondary N) is 1. The zero-order valence-corrected chi connectivity index (χ0v) is 14.5. The van der Waals surface area contributed by atoms with Crippen LogP contribution in [0.3, 0.4) is 0 Å². The largest absolute Gasteiger partial charge is 0.467 e. The van der Waals surface area contributed by atoms with Crippen molar-refractivity contribution >= 4 is 12.1 Å². The Labute approximate surface area is 133 Å². The van der Waals surface area contributed by atoms with E-state index in [1.165, 1.54) is 7.11 Å². The minimum absolute atomic E-state index is 0.413. The van der Waals surface area contributed by atoms with Gasteiger partial charge in [0.05, 0.1) is 7.11 Å². The molecule has 0 radical (unpaired) electrons. The molecule has 1 heterocycles. The molecule has 0 aliphatic carbocycles. The summed E-state index contributed by atoms with van der Waals surface area (Å²) in [4.78, 5) is 26.2. The monoisotopic (exact) mass is 314 g/mol. The van der Waals surface area contributed by atoms with Gasteiger partial charge >= 0.3 is 12.1 Å². The third kappa shape index (κ3) is 6.64. The number of esters is 1. The summed E-state index contributed by atoms with van der Waals surface area (Å²) in [5.74, 6) is 0.00520. The van der Waals surface area contributed by atoms with Crippen LogP contribution in [0.4, 0.5) is 4.79 Å². The van der Waals surface area contributed by atoms with Crippen molar-refractivity contribution < 1.29 is 19.1 Å². The Hall–Kier alpha value is -1.30. The second kappa shape index (κ2) is 8.36. The van der Waals surface area contributed by atoms with Gasteiger partial charge in [0.15, 0.2) is 0 Å². The maximum absolute atomic E-state index is 11.9. The highest BCUT2D eigenvalue weighted by Gasteiger charge is 2.29. The third-order valence-electron chi connectivity index (χ3n) is 3.90. The van der Waals surface area contributed by atoms with Crippen molar-refractivity contribution in [2.45, 2.75) is 58.6 Å². The second-order valence-electron chi connectivity index (χ2n) is 6.84. The number of methoxy groups -OCH3 is 1. The summed E-state index contributed by atoms with van der Waals surface area (Å²) in [5, 5.41) is 2.65. The first-order chi connectivity index (χ1) is 10.2. The summed E-state index contributed by atoms with van der Waals surface area (Å²) in [6, 6.07) is -0.641. The van der Waals surface area contributed by atoms with Crippen molar-refractivity contribution in [3.8, 4) is 0 Å².